The summed E-state index contributed by atoms with van der Waals surface area (Å²) in [5.74, 6) is -1.35. The van der Waals surface area contributed by atoms with Crippen LogP contribution in [0.3, 0.4) is 0 Å². The van der Waals surface area contributed by atoms with Crippen molar-refractivity contribution in [1.82, 2.24) is 9.55 Å². The lowest BCUT2D eigenvalue weighted by Crippen LogP contribution is -2.38. The Labute approximate surface area is 121 Å². The summed E-state index contributed by atoms with van der Waals surface area (Å²) in [6, 6.07) is -0.129. The lowest BCUT2D eigenvalue weighted by Gasteiger charge is -2.29. The number of methoxy groups -OCH3 is 1. The van der Waals surface area contributed by atoms with E-state index in [1.54, 1.807) is 6.92 Å². The van der Waals surface area contributed by atoms with Gasteiger partial charge in [0.25, 0.3) is 5.56 Å². The van der Waals surface area contributed by atoms with Gasteiger partial charge in [-0.15, -0.1) is 0 Å². The lowest BCUT2D eigenvalue weighted by atomic mass is 9.94. The Morgan fingerprint density at radius 1 is 1.43 bits per heavy atom. The Bertz CT molecular complexity index is 622. The molecule has 7 heteroatoms. The van der Waals surface area contributed by atoms with Gasteiger partial charge in [0.1, 0.15) is 17.3 Å². The highest BCUT2D eigenvalue weighted by Crippen LogP contribution is 2.31. The molecule has 0 aliphatic carbocycles. The fraction of sp³-hybridized carbons (Fsp3) is 0.571. The number of nitrogens with zero attached hydrogens (tertiary/aromatic N) is 2. The minimum Gasteiger partial charge on any atom is -0.468 e. The predicted molar refractivity (Wildman–Crippen MR) is 73.2 cm³/mol. The molecule has 2 unspecified atom stereocenters. The van der Waals surface area contributed by atoms with Crippen molar-refractivity contribution in [2.75, 3.05) is 13.7 Å². The van der Waals surface area contributed by atoms with Crippen LogP contribution in [0.1, 0.15) is 54.8 Å². The standard InChI is InChI=1S/C14H18N2O5/c1-4-21-14(19)10-7-15-11-9(13(18)20-3)6-5-8(2)16(11)12(10)17/h7-9H,4-6H2,1-3H3. The first-order chi connectivity index (χ1) is 10.0. The van der Waals surface area contributed by atoms with Crippen molar-refractivity contribution in [3.8, 4) is 0 Å². The van der Waals surface area contributed by atoms with Crippen LogP contribution in [0.4, 0.5) is 0 Å². The molecule has 2 rings (SSSR count). The molecular formula is C14H18N2O5. The molecule has 1 aromatic heterocycles. The van der Waals surface area contributed by atoms with E-state index in [1.807, 2.05) is 6.92 Å². The normalized spacial score (nSPS) is 20.5. The summed E-state index contributed by atoms with van der Waals surface area (Å²) in [5.41, 5.74) is -0.586. The first-order valence-electron chi connectivity index (χ1n) is 6.87. The maximum absolute atomic E-state index is 12.5. The molecular weight excluding hydrogens is 276 g/mol. The zero-order valence-electron chi connectivity index (χ0n) is 12.3. The third kappa shape index (κ3) is 2.68. The fourth-order valence-corrected chi connectivity index (χ4v) is 2.55. The van der Waals surface area contributed by atoms with Gasteiger partial charge in [0.2, 0.25) is 0 Å². The molecule has 1 aliphatic rings. The number of rotatable bonds is 3. The number of carbonyl (C=O) groups is 2. The van der Waals surface area contributed by atoms with Crippen LogP contribution >= 0.6 is 0 Å². The third-order valence-electron chi connectivity index (χ3n) is 3.63. The van der Waals surface area contributed by atoms with Crippen molar-refractivity contribution < 1.29 is 19.1 Å². The van der Waals surface area contributed by atoms with Gasteiger partial charge in [0, 0.05) is 12.2 Å². The van der Waals surface area contributed by atoms with E-state index >= 15 is 0 Å². The van der Waals surface area contributed by atoms with Crippen LogP contribution < -0.4 is 5.56 Å². The van der Waals surface area contributed by atoms with Crippen molar-refractivity contribution in [3.05, 3.63) is 27.9 Å². The molecule has 114 valence electrons. The van der Waals surface area contributed by atoms with Gasteiger partial charge in [-0.2, -0.15) is 0 Å². The molecule has 2 heterocycles. The highest BCUT2D eigenvalue weighted by Gasteiger charge is 2.34. The SMILES string of the molecule is CCOC(=O)c1cnc2n(c1=O)C(C)CCC2C(=O)OC. The minimum atomic E-state index is -0.697. The van der Waals surface area contributed by atoms with Crippen LogP contribution in [-0.2, 0) is 14.3 Å². The average molecular weight is 294 g/mol. The molecule has 1 aromatic rings. The molecule has 0 saturated carbocycles. The maximum Gasteiger partial charge on any atom is 0.345 e. The van der Waals surface area contributed by atoms with Crippen molar-refractivity contribution >= 4 is 11.9 Å². The fourth-order valence-electron chi connectivity index (χ4n) is 2.55. The van der Waals surface area contributed by atoms with Gasteiger partial charge in [-0.05, 0) is 26.7 Å². The minimum absolute atomic E-state index is 0.113. The molecule has 0 amide bonds. The van der Waals surface area contributed by atoms with Crippen LogP contribution in [0.25, 0.3) is 0 Å². The second-order valence-electron chi connectivity index (χ2n) is 4.93. The molecule has 0 fully saturated rings. The van der Waals surface area contributed by atoms with E-state index in [0.717, 1.165) is 0 Å². The largest absolute Gasteiger partial charge is 0.468 e. The number of aromatic nitrogens is 2. The van der Waals surface area contributed by atoms with Crippen molar-refractivity contribution in [2.45, 2.75) is 38.6 Å². The highest BCUT2D eigenvalue weighted by molar-refractivity contribution is 5.88. The van der Waals surface area contributed by atoms with Crippen LogP contribution in [0, 0.1) is 0 Å². The maximum atomic E-state index is 12.5. The Morgan fingerprint density at radius 2 is 2.14 bits per heavy atom. The number of carbonyl (C=O) groups excluding carboxylic acids is 2. The molecule has 0 radical (unpaired) electrons. The van der Waals surface area contributed by atoms with Crippen LogP contribution in [0.2, 0.25) is 0 Å². The summed E-state index contributed by atoms with van der Waals surface area (Å²) < 4.78 is 11.0. The highest BCUT2D eigenvalue weighted by atomic mass is 16.5. The number of ether oxygens (including phenoxy) is 2. The van der Waals surface area contributed by atoms with Crippen LogP contribution in [0.5, 0.6) is 0 Å². The van der Waals surface area contributed by atoms with E-state index in [1.165, 1.54) is 17.9 Å². The molecule has 0 bridgehead atoms. The van der Waals surface area contributed by atoms with E-state index < -0.39 is 23.4 Å². The molecule has 1 aliphatic heterocycles. The monoisotopic (exact) mass is 294 g/mol. The second-order valence-corrected chi connectivity index (χ2v) is 4.93. The lowest BCUT2D eigenvalue weighted by molar-refractivity contribution is -0.143. The summed E-state index contributed by atoms with van der Waals surface area (Å²) in [4.78, 5) is 40.2. The molecule has 0 saturated heterocycles. The van der Waals surface area contributed by atoms with Crippen molar-refractivity contribution in [3.63, 3.8) is 0 Å². The summed E-state index contributed by atoms with van der Waals surface area (Å²) >= 11 is 0. The molecule has 0 aromatic carbocycles. The molecule has 21 heavy (non-hydrogen) atoms. The summed E-state index contributed by atoms with van der Waals surface area (Å²) in [7, 11) is 1.30. The smallest absolute Gasteiger partial charge is 0.345 e. The van der Waals surface area contributed by atoms with E-state index in [-0.39, 0.29) is 18.2 Å². The molecule has 7 nitrogen and oxygen atoms in total. The van der Waals surface area contributed by atoms with E-state index in [0.29, 0.717) is 18.7 Å². The van der Waals surface area contributed by atoms with Gasteiger partial charge >= 0.3 is 11.9 Å². The van der Waals surface area contributed by atoms with Gasteiger partial charge in [0.15, 0.2) is 0 Å². The third-order valence-corrected chi connectivity index (χ3v) is 3.63. The number of esters is 2. The Kier molecular flexibility index (Phi) is 4.40. The molecule has 2 atom stereocenters. The van der Waals surface area contributed by atoms with Gasteiger partial charge in [-0.3, -0.25) is 14.2 Å². The second kappa shape index (κ2) is 6.07. The Hall–Kier alpha value is -2.18. The van der Waals surface area contributed by atoms with Crippen LogP contribution in [-0.4, -0.2) is 35.2 Å². The van der Waals surface area contributed by atoms with Gasteiger partial charge < -0.3 is 9.47 Å². The zero-order chi connectivity index (χ0) is 15.6. The molecule has 0 spiro atoms. The van der Waals surface area contributed by atoms with Gasteiger partial charge in [-0.25, -0.2) is 9.78 Å². The number of hydrogen-bond acceptors (Lipinski definition) is 6. The number of hydrogen-bond donors (Lipinski definition) is 0. The summed E-state index contributed by atoms with van der Waals surface area (Å²) in [5, 5.41) is 0. The Balaban J connectivity index is 2.53. The van der Waals surface area contributed by atoms with Crippen LogP contribution in [0.15, 0.2) is 11.0 Å². The van der Waals surface area contributed by atoms with Gasteiger partial charge in [-0.1, -0.05) is 0 Å². The summed E-state index contributed by atoms with van der Waals surface area (Å²) in [6.07, 6.45) is 2.39. The summed E-state index contributed by atoms with van der Waals surface area (Å²) in [6.45, 7) is 3.70. The van der Waals surface area contributed by atoms with E-state index in [2.05, 4.69) is 4.98 Å². The van der Waals surface area contributed by atoms with E-state index in [4.69, 9.17) is 9.47 Å². The predicted octanol–water partition coefficient (Wildman–Crippen LogP) is 1.03. The molecule has 0 N–H and O–H groups in total. The number of fused-ring (bicyclic) bond motifs is 1. The Morgan fingerprint density at radius 3 is 2.76 bits per heavy atom. The first kappa shape index (κ1) is 15.2. The van der Waals surface area contributed by atoms with Crippen molar-refractivity contribution in [2.24, 2.45) is 0 Å². The zero-order valence-corrected chi connectivity index (χ0v) is 12.3. The topological polar surface area (TPSA) is 87.5 Å². The van der Waals surface area contributed by atoms with E-state index in [9.17, 15) is 14.4 Å². The first-order valence-corrected chi connectivity index (χ1v) is 6.87. The average Bonchev–Trinajstić information content (AvgIpc) is 2.47. The quantitative estimate of drug-likeness (QED) is 0.774. The van der Waals surface area contributed by atoms with Crippen molar-refractivity contribution in [1.29, 1.82) is 0 Å². The van der Waals surface area contributed by atoms with Gasteiger partial charge in [0.05, 0.1) is 13.7 Å².